The molecule has 2 N–H and O–H groups in total. The molecule has 164 valence electrons. The van der Waals surface area contributed by atoms with Gasteiger partial charge in [0.2, 0.25) is 0 Å². The topological polar surface area (TPSA) is 118 Å². The summed E-state index contributed by atoms with van der Waals surface area (Å²) in [6.45, 7) is 5.47. The van der Waals surface area contributed by atoms with Crippen molar-refractivity contribution >= 4 is 31.6 Å². The fraction of sp³-hybridized carbons (Fsp3) is 0.238. The van der Waals surface area contributed by atoms with Crippen LogP contribution in [-0.2, 0) is 26.5 Å². The van der Waals surface area contributed by atoms with Gasteiger partial charge in [0.1, 0.15) is 11.6 Å². The Labute approximate surface area is 182 Å². The molecule has 10 heteroatoms. The van der Waals surface area contributed by atoms with Crippen LogP contribution in [0, 0.1) is 13.8 Å². The predicted molar refractivity (Wildman–Crippen MR) is 120 cm³/mol. The average Bonchev–Trinajstić information content (AvgIpc) is 2.67. The fourth-order valence-electron chi connectivity index (χ4n) is 3.01. The van der Waals surface area contributed by atoms with Gasteiger partial charge in [0.25, 0.3) is 20.0 Å². The van der Waals surface area contributed by atoms with Crippen molar-refractivity contribution < 1.29 is 16.8 Å². The summed E-state index contributed by atoms with van der Waals surface area (Å²) in [5.74, 6) is 0.617. The molecule has 2 aromatic carbocycles. The van der Waals surface area contributed by atoms with Crippen LogP contribution in [0.15, 0.2) is 64.4 Å². The summed E-state index contributed by atoms with van der Waals surface area (Å²) in [6, 6.07) is 13.7. The SMILES string of the molecule is CCCc1ccc(S(=O)(=O)Nc2ccc(S(=O)(=O)Nc3cc(C)nc(C)n3)cc2)cc1. The average molecular weight is 461 g/mol. The van der Waals surface area contributed by atoms with Crippen molar-refractivity contribution in [2.75, 3.05) is 9.44 Å². The summed E-state index contributed by atoms with van der Waals surface area (Å²) in [5, 5.41) is 0. The highest BCUT2D eigenvalue weighted by Gasteiger charge is 2.17. The van der Waals surface area contributed by atoms with Gasteiger partial charge in [0, 0.05) is 17.4 Å². The van der Waals surface area contributed by atoms with E-state index in [4.69, 9.17) is 0 Å². The lowest BCUT2D eigenvalue weighted by molar-refractivity contribution is 0.600. The fourth-order valence-corrected chi connectivity index (χ4v) is 5.06. The maximum Gasteiger partial charge on any atom is 0.263 e. The molecule has 8 nitrogen and oxygen atoms in total. The molecule has 0 saturated heterocycles. The monoisotopic (exact) mass is 460 g/mol. The van der Waals surface area contributed by atoms with Crippen molar-refractivity contribution in [1.29, 1.82) is 0 Å². The largest absolute Gasteiger partial charge is 0.280 e. The normalized spacial score (nSPS) is 11.8. The number of anilines is 2. The van der Waals surface area contributed by atoms with E-state index in [-0.39, 0.29) is 21.3 Å². The minimum atomic E-state index is -3.89. The van der Waals surface area contributed by atoms with Crippen molar-refractivity contribution in [2.45, 2.75) is 43.4 Å². The number of nitrogens with zero attached hydrogens (tertiary/aromatic N) is 2. The zero-order chi connectivity index (χ0) is 22.6. The van der Waals surface area contributed by atoms with Crippen LogP contribution in [0.4, 0.5) is 11.5 Å². The lowest BCUT2D eigenvalue weighted by Crippen LogP contribution is -2.15. The van der Waals surface area contributed by atoms with Crippen molar-refractivity contribution in [1.82, 2.24) is 9.97 Å². The maximum absolute atomic E-state index is 12.6. The van der Waals surface area contributed by atoms with E-state index >= 15 is 0 Å². The van der Waals surface area contributed by atoms with E-state index in [2.05, 4.69) is 26.3 Å². The van der Waals surface area contributed by atoms with Gasteiger partial charge in [-0.2, -0.15) is 0 Å². The van der Waals surface area contributed by atoms with Crippen LogP contribution in [0.5, 0.6) is 0 Å². The smallest absolute Gasteiger partial charge is 0.263 e. The highest BCUT2D eigenvalue weighted by molar-refractivity contribution is 7.93. The number of aryl methyl sites for hydroxylation is 3. The molecule has 0 aliphatic heterocycles. The number of benzene rings is 2. The zero-order valence-electron chi connectivity index (χ0n) is 17.5. The third kappa shape index (κ3) is 5.80. The number of rotatable bonds is 8. The van der Waals surface area contributed by atoms with Gasteiger partial charge in [-0.3, -0.25) is 9.44 Å². The second kappa shape index (κ2) is 9.03. The first-order chi connectivity index (χ1) is 14.6. The second-order valence-electron chi connectivity index (χ2n) is 7.07. The highest BCUT2D eigenvalue weighted by atomic mass is 32.2. The van der Waals surface area contributed by atoms with Gasteiger partial charge in [0.05, 0.1) is 9.79 Å². The molecule has 1 heterocycles. The first-order valence-electron chi connectivity index (χ1n) is 9.66. The van der Waals surface area contributed by atoms with E-state index in [0.717, 1.165) is 18.4 Å². The van der Waals surface area contributed by atoms with Crippen molar-refractivity contribution in [3.05, 3.63) is 71.7 Å². The summed E-state index contributed by atoms with van der Waals surface area (Å²) in [4.78, 5) is 8.30. The van der Waals surface area contributed by atoms with E-state index in [1.165, 1.54) is 30.3 Å². The van der Waals surface area contributed by atoms with Crippen LogP contribution in [0.25, 0.3) is 0 Å². The van der Waals surface area contributed by atoms with E-state index in [0.29, 0.717) is 11.5 Å². The van der Waals surface area contributed by atoms with Crippen molar-refractivity contribution in [3.8, 4) is 0 Å². The standard InChI is InChI=1S/C21H24N4O4S2/c1-4-5-17-6-10-19(11-7-17)30(26,27)24-18-8-12-20(13-9-18)31(28,29)25-21-14-15(2)22-16(3)23-21/h6-14,24H,4-5H2,1-3H3,(H,22,23,25). The Bertz CT molecular complexity index is 1250. The molecule has 0 fully saturated rings. The first kappa shape index (κ1) is 22.7. The summed E-state index contributed by atoms with van der Waals surface area (Å²) < 4.78 is 55.3. The molecule has 0 unspecified atom stereocenters. The van der Waals surface area contributed by atoms with E-state index in [1.807, 2.05) is 0 Å². The minimum absolute atomic E-state index is 0.0201. The number of nitrogens with one attached hydrogen (secondary N) is 2. The Hall–Kier alpha value is -2.98. The lowest BCUT2D eigenvalue weighted by Gasteiger charge is -2.11. The van der Waals surface area contributed by atoms with Gasteiger partial charge in [-0.1, -0.05) is 25.5 Å². The molecule has 1 aromatic heterocycles. The van der Waals surface area contributed by atoms with Crippen LogP contribution in [0.1, 0.15) is 30.4 Å². The van der Waals surface area contributed by atoms with E-state index in [9.17, 15) is 16.8 Å². The molecule has 0 aliphatic carbocycles. The molecule has 3 aromatic rings. The Morgan fingerprint density at radius 3 is 1.87 bits per heavy atom. The van der Waals surface area contributed by atoms with E-state index < -0.39 is 20.0 Å². The molecule has 0 atom stereocenters. The quantitative estimate of drug-likeness (QED) is 0.530. The molecular formula is C21H24N4O4S2. The van der Waals surface area contributed by atoms with Gasteiger partial charge < -0.3 is 0 Å². The highest BCUT2D eigenvalue weighted by Crippen LogP contribution is 2.21. The third-order valence-electron chi connectivity index (χ3n) is 4.39. The van der Waals surface area contributed by atoms with Gasteiger partial charge in [-0.15, -0.1) is 0 Å². The number of aromatic nitrogens is 2. The third-order valence-corrected chi connectivity index (χ3v) is 7.16. The predicted octanol–water partition coefficient (Wildman–Crippen LogP) is 3.65. The van der Waals surface area contributed by atoms with Crippen LogP contribution in [0.3, 0.4) is 0 Å². The van der Waals surface area contributed by atoms with Gasteiger partial charge in [-0.25, -0.2) is 26.8 Å². The summed E-state index contributed by atoms with van der Waals surface area (Å²) in [7, 11) is -7.67. The van der Waals surface area contributed by atoms with Crippen LogP contribution in [-0.4, -0.2) is 26.8 Å². The molecule has 31 heavy (non-hydrogen) atoms. The summed E-state index contributed by atoms with van der Waals surface area (Å²) >= 11 is 0. The number of hydrogen-bond donors (Lipinski definition) is 2. The van der Waals surface area contributed by atoms with Crippen molar-refractivity contribution in [2.24, 2.45) is 0 Å². The van der Waals surface area contributed by atoms with Crippen LogP contribution >= 0.6 is 0 Å². The molecule has 0 aliphatic rings. The molecule has 0 saturated carbocycles. The summed E-state index contributed by atoms with van der Waals surface area (Å²) in [5.41, 5.74) is 1.96. The number of hydrogen-bond acceptors (Lipinski definition) is 6. The maximum atomic E-state index is 12.6. The Morgan fingerprint density at radius 2 is 1.32 bits per heavy atom. The molecule has 0 amide bonds. The molecule has 0 bridgehead atoms. The Kier molecular flexibility index (Phi) is 6.61. The zero-order valence-corrected chi connectivity index (χ0v) is 19.1. The molecule has 0 spiro atoms. The van der Waals surface area contributed by atoms with Gasteiger partial charge >= 0.3 is 0 Å². The Morgan fingerprint density at radius 1 is 0.774 bits per heavy atom. The molecule has 0 radical (unpaired) electrons. The van der Waals surface area contributed by atoms with Gasteiger partial charge in [0.15, 0.2) is 0 Å². The lowest BCUT2D eigenvalue weighted by atomic mass is 10.1. The summed E-state index contributed by atoms with van der Waals surface area (Å²) in [6.07, 6.45) is 1.86. The van der Waals surface area contributed by atoms with Crippen LogP contribution in [0.2, 0.25) is 0 Å². The molecule has 3 rings (SSSR count). The molecular weight excluding hydrogens is 436 g/mol. The number of sulfonamides is 2. The Balaban J connectivity index is 1.75. The van der Waals surface area contributed by atoms with Crippen molar-refractivity contribution in [3.63, 3.8) is 0 Å². The van der Waals surface area contributed by atoms with Gasteiger partial charge in [-0.05, 0) is 62.2 Å². The first-order valence-corrected chi connectivity index (χ1v) is 12.6. The van der Waals surface area contributed by atoms with E-state index in [1.54, 1.807) is 38.1 Å². The second-order valence-corrected chi connectivity index (χ2v) is 10.4. The van der Waals surface area contributed by atoms with Crippen LogP contribution < -0.4 is 9.44 Å². The minimum Gasteiger partial charge on any atom is -0.280 e.